The van der Waals surface area contributed by atoms with E-state index in [1.807, 2.05) is 0 Å². The molecule has 0 aromatic heterocycles. The minimum Gasteiger partial charge on any atom is -0.479 e. The summed E-state index contributed by atoms with van der Waals surface area (Å²) in [6.45, 7) is 5.07. The Kier molecular flexibility index (Phi) is 4.11. The van der Waals surface area contributed by atoms with Gasteiger partial charge in [0.05, 0.1) is 5.60 Å². The average molecular weight is 250 g/mol. The maximum atomic E-state index is 10.8. The molecule has 0 radical (unpaired) electrons. The zero-order chi connectivity index (χ0) is 13.4. The van der Waals surface area contributed by atoms with Crippen LogP contribution in [0.5, 0.6) is 0 Å². The molecule has 100 valence electrons. The van der Waals surface area contributed by atoms with Gasteiger partial charge in [-0.05, 0) is 20.8 Å². The first-order valence-electron chi connectivity index (χ1n) is 5.24. The van der Waals surface area contributed by atoms with Gasteiger partial charge >= 0.3 is 5.97 Å². The summed E-state index contributed by atoms with van der Waals surface area (Å²) in [7, 11) is 0. The molecule has 0 bridgehead atoms. The van der Waals surface area contributed by atoms with Crippen molar-refractivity contribution < 1.29 is 34.7 Å². The predicted octanol–water partition coefficient (Wildman–Crippen LogP) is -1.31. The van der Waals surface area contributed by atoms with Gasteiger partial charge in [0.25, 0.3) is 0 Å². The lowest BCUT2D eigenvalue weighted by Gasteiger charge is -2.40. The normalized spacial score (nSPS) is 39.1. The first-order chi connectivity index (χ1) is 7.63. The molecule has 4 N–H and O–H groups in total. The van der Waals surface area contributed by atoms with Gasteiger partial charge in [-0.1, -0.05) is 0 Å². The van der Waals surface area contributed by atoms with E-state index in [1.165, 1.54) is 0 Å². The highest BCUT2D eigenvalue weighted by molar-refractivity contribution is 5.73. The predicted molar refractivity (Wildman–Crippen MR) is 55.2 cm³/mol. The van der Waals surface area contributed by atoms with Crippen molar-refractivity contribution in [3.05, 3.63) is 0 Å². The van der Waals surface area contributed by atoms with Gasteiger partial charge < -0.3 is 29.9 Å². The monoisotopic (exact) mass is 250 g/mol. The molecule has 5 atom stereocenters. The summed E-state index contributed by atoms with van der Waals surface area (Å²) in [5.41, 5.74) is -0.684. The third-order valence-corrected chi connectivity index (χ3v) is 2.28. The fourth-order valence-corrected chi connectivity index (χ4v) is 1.50. The number of rotatable bonds is 2. The van der Waals surface area contributed by atoms with E-state index in [0.717, 1.165) is 0 Å². The molecule has 0 spiro atoms. The average Bonchev–Trinajstić information content (AvgIpc) is 2.16. The molecule has 1 aliphatic heterocycles. The lowest BCUT2D eigenvalue weighted by molar-refractivity contribution is -0.314. The number of hydrogen-bond acceptors (Lipinski definition) is 6. The number of aliphatic carboxylic acids is 1. The van der Waals surface area contributed by atoms with Crippen LogP contribution in [-0.4, -0.2) is 62.7 Å². The fraction of sp³-hybridized carbons (Fsp3) is 0.900. The first-order valence-corrected chi connectivity index (χ1v) is 5.24. The molecular weight excluding hydrogens is 232 g/mol. The van der Waals surface area contributed by atoms with Gasteiger partial charge in [0.1, 0.15) is 18.3 Å². The smallest absolute Gasteiger partial charge is 0.335 e. The number of carboxylic acids is 1. The van der Waals surface area contributed by atoms with Crippen LogP contribution in [-0.2, 0) is 14.3 Å². The van der Waals surface area contributed by atoms with Gasteiger partial charge in [-0.25, -0.2) is 4.79 Å². The summed E-state index contributed by atoms with van der Waals surface area (Å²) >= 11 is 0. The minimum atomic E-state index is -1.69. The van der Waals surface area contributed by atoms with Crippen LogP contribution >= 0.6 is 0 Å². The Balaban J connectivity index is 2.82. The number of carboxylic acid groups (broad SMARTS) is 1. The Morgan fingerprint density at radius 1 is 1.12 bits per heavy atom. The van der Waals surface area contributed by atoms with Crippen LogP contribution in [0.2, 0.25) is 0 Å². The summed E-state index contributed by atoms with van der Waals surface area (Å²) in [6, 6.07) is 0. The molecule has 0 aromatic rings. The van der Waals surface area contributed by atoms with Crippen molar-refractivity contribution in [2.24, 2.45) is 0 Å². The molecule has 17 heavy (non-hydrogen) atoms. The second kappa shape index (κ2) is 4.87. The van der Waals surface area contributed by atoms with Crippen LogP contribution in [0.1, 0.15) is 20.8 Å². The van der Waals surface area contributed by atoms with Gasteiger partial charge in [0.2, 0.25) is 0 Å². The Labute approximate surface area is 98.6 Å². The number of aliphatic hydroxyl groups is 3. The molecule has 0 saturated carbocycles. The van der Waals surface area contributed by atoms with Crippen LogP contribution in [0.3, 0.4) is 0 Å². The van der Waals surface area contributed by atoms with E-state index >= 15 is 0 Å². The Morgan fingerprint density at radius 3 is 2.06 bits per heavy atom. The number of hydrogen-bond donors (Lipinski definition) is 4. The highest BCUT2D eigenvalue weighted by Crippen LogP contribution is 2.25. The van der Waals surface area contributed by atoms with Crippen molar-refractivity contribution in [1.82, 2.24) is 0 Å². The molecule has 0 aliphatic carbocycles. The van der Waals surface area contributed by atoms with E-state index in [4.69, 9.17) is 14.6 Å². The van der Waals surface area contributed by atoms with Crippen molar-refractivity contribution in [2.45, 2.75) is 57.1 Å². The van der Waals surface area contributed by atoms with Gasteiger partial charge in [-0.3, -0.25) is 0 Å². The summed E-state index contributed by atoms with van der Waals surface area (Å²) in [6.07, 6.45) is -7.74. The van der Waals surface area contributed by atoms with E-state index in [9.17, 15) is 20.1 Å². The van der Waals surface area contributed by atoms with E-state index in [1.54, 1.807) is 20.8 Å². The van der Waals surface area contributed by atoms with E-state index in [-0.39, 0.29) is 0 Å². The summed E-state index contributed by atoms with van der Waals surface area (Å²) in [4.78, 5) is 10.8. The Bertz CT molecular complexity index is 285. The summed E-state index contributed by atoms with van der Waals surface area (Å²) in [5.74, 6) is -1.43. The molecule has 1 rings (SSSR count). The van der Waals surface area contributed by atoms with Crippen molar-refractivity contribution in [2.75, 3.05) is 0 Å². The van der Waals surface area contributed by atoms with E-state index in [0.29, 0.717) is 0 Å². The molecule has 5 unspecified atom stereocenters. The fourth-order valence-electron chi connectivity index (χ4n) is 1.50. The highest BCUT2D eigenvalue weighted by atomic mass is 16.7. The van der Waals surface area contributed by atoms with Crippen LogP contribution < -0.4 is 0 Å². The number of carbonyl (C=O) groups is 1. The van der Waals surface area contributed by atoms with Crippen LogP contribution in [0.4, 0.5) is 0 Å². The number of aliphatic hydroxyl groups excluding tert-OH is 3. The lowest BCUT2D eigenvalue weighted by Crippen LogP contribution is -2.61. The molecule has 0 aromatic carbocycles. The van der Waals surface area contributed by atoms with Crippen LogP contribution in [0, 0.1) is 0 Å². The van der Waals surface area contributed by atoms with Crippen molar-refractivity contribution >= 4 is 5.97 Å². The van der Waals surface area contributed by atoms with E-state index < -0.39 is 42.3 Å². The molecule has 7 nitrogen and oxygen atoms in total. The quantitative estimate of drug-likeness (QED) is 0.481. The summed E-state index contributed by atoms with van der Waals surface area (Å²) in [5, 5.41) is 37.3. The SMILES string of the molecule is CC(C)(C)OC1OC(C(=O)O)C(O)C(O)C1O. The van der Waals surface area contributed by atoms with Gasteiger partial charge in [-0.15, -0.1) is 0 Å². The maximum Gasteiger partial charge on any atom is 0.335 e. The Hall–Kier alpha value is -0.730. The van der Waals surface area contributed by atoms with Crippen LogP contribution in [0.25, 0.3) is 0 Å². The molecular formula is C10H18O7. The molecule has 1 fully saturated rings. The zero-order valence-corrected chi connectivity index (χ0v) is 9.90. The first kappa shape index (κ1) is 14.3. The van der Waals surface area contributed by atoms with Crippen molar-refractivity contribution in [1.29, 1.82) is 0 Å². The highest BCUT2D eigenvalue weighted by Gasteiger charge is 2.48. The van der Waals surface area contributed by atoms with Crippen molar-refractivity contribution in [3.63, 3.8) is 0 Å². The second-order valence-electron chi connectivity index (χ2n) is 4.97. The second-order valence-corrected chi connectivity index (χ2v) is 4.97. The molecule has 1 aliphatic rings. The maximum absolute atomic E-state index is 10.8. The lowest BCUT2D eigenvalue weighted by atomic mass is 9.98. The molecule has 7 heteroatoms. The van der Waals surface area contributed by atoms with Crippen molar-refractivity contribution in [3.8, 4) is 0 Å². The standard InChI is InChI=1S/C10H18O7/c1-10(2,3)17-9-6(13)4(11)5(12)7(16-9)8(14)15/h4-7,9,11-13H,1-3H3,(H,14,15). The molecule has 0 amide bonds. The van der Waals surface area contributed by atoms with E-state index in [2.05, 4.69) is 0 Å². The summed E-state index contributed by atoms with van der Waals surface area (Å²) < 4.78 is 10.2. The third-order valence-electron chi connectivity index (χ3n) is 2.28. The van der Waals surface area contributed by atoms with Gasteiger partial charge in [0.15, 0.2) is 12.4 Å². The van der Waals surface area contributed by atoms with Gasteiger partial charge in [-0.2, -0.15) is 0 Å². The Morgan fingerprint density at radius 2 is 1.65 bits per heavy atom. The molecule has 1 saturated heterocycles. The zero-order valence-electron chi connectivity index (χ0n) is 9.90. The third kappa shape index (κ3) is 3.36. The number of ether oxygens (including phenoxy) is 2. The molecule has 1 heterocycles. The topological polar surface area (TPSA) is 116 Å². The minimum absolute atomic E-state index is 0.684. The largest absolute Gasteiger partial charge is 0.479 e. The van der Waals surface area contributed by atoms with Gasteiger partial charge in [0, 0.05) is 0 Å². The van der Waals surface area contributed by atoms with Crippen LogP contribution in [0.15, 0.2) is 0 Å².